The van der Waals surface area contributed by atoms with E-state index in [4.69, 9.17) is 9.72 Å². The zero-order chi connectivity index (χ0) is 19.6. The van der Waals surface area contributed by atoms with Crippen molar-refractivity contribution < 1.29 is 4.74 Å². The molecule has 29 heavy (non-hydrogen) atoms. The summed E-state index contributed by atoms with van der Waals surface area (Å²) < 4.78 is 6.01. The zero-order valence-electron chi connectivity index (χ0n) is 18.0. The molecule has 166 valence electrons. The van der Waals surface area contributed by atoms with Crippen LogP contribution < -0.4 is 15.5 Å². The van der Waals surface area contributed by atoms with Crippen LogP contribution in [0.3, 0.4) is 0 Å². The lowest BCUT2D eigenvalue weighted by molar-refractivity contribution is 0.0169. The van der Waals surface area contributed by atoms with Crippen LogP contribution in [0.5, 0.6) is 0 Å². The van der Waals surface area contributed by atoms with Crippen molar-refractivity contribution in [1.82, 2.24) is 15.6 Å². The van der Waals surface area contributed by atoms with Gasteiger partial charge in [0.2, 0.25) is 0 Å². The van der Waals surface area contributed by atoms with E-state index in [1.807, 2.05) is 7.05 Å². The Morgan fingerprint density at radius 1 is 1.24 bits per heavy atom. The SMILES string of the molecule is CCOC(CCNC(=NC)NCCc1csc(N2CCCC2)n1)C1CCCC1.I. The van der Waals surface area contributed by atoms with Gasteiger partial charge in [0.25, 0.3) is 0 Å². The molecule has 0 amide bonds. The maximum absolute atomic E-state index is 6.01. The van der Waals surface area contributed by atoms with E-state index in [0.717, 1.165) is 57.5 Å². The third-order valence-corrected chi connectivity index (χ3v) is 6.79. The number of hydrogen-bond acceptors (Lipinski definition) is 5. The molecule has 3 rings (SSSR count). The van der Waals surface area contributed by atoms with Gasteiger partial charge in [-0.25, -0.2) is 4.98 Å². The van der Waals surface area contributed by atoms with Crippen molar-refractivity contribution in [2.45, 2.75) is 64.4 Å². The van der Waals surface area contributed by atoms with Crippen LogP contribution in [0.25, 0.3) is 0 Å². The Kier molecular flexibility index (Phi) is 11.6. The van der Waals surface area contributed by atoms with E-state index in [1.54, 1.807) is 11.3 Å². The van der Waals surface area contributed by atoms with Crippen molar-refractivity contribution in [2.75, 3.05) is 44.7 Å². The van der Waals surface area contributed by atoms with Crippen molar-refractivity contribution >= 4 is 46.4 Å². The second kappa shape index (κ2) is 13.6. The van der Waals surface area contributed by atoms with Gasteiger partial charge in [-0.1, -0.05) is 12.8 Å². The lowest BCUT2D eigenvalue weighted by atomic mass is 9.98. The highest BCUT2D eigenvalue weighted by Gasteiger charge is 2.25. The van der Waals surface area contributed by atoms with Crippen molar-refractivity contribution in [2.24, 2.45) is 10.9 Å². The molecule has 1 atom stereocenters. The minimum absolute atomic E-state index is 0. The topological polar surface area (TPSA) is 61.8 Å². The van der Waals surface area contributed by atoms with Gasteiger partial charge < -0.3 is 20.3 Å². The van der Waals surface area contributed by atoms with Crippen LogP contribution in [0.2, 0.25) is 0 Å². The predicted octanol–water partition coefficient (Wildman–Crippen LogP) is 4.05. The fourth-order valence-corrected chi connectivity index (χ4v) is 5.24. The first-order valence-electron chi connectivity index (χ1n) is 11.1. The van der Waals surface area contributed by atoms with Crippen molar-refractivity contribution in [1.29, 1.82) is 0 Å². The fraction of sp³-hybridized carbons (Fsp3) is 0.810. The van der Waals surface area contributed by atoms with E-state index in [-0.39, 0.29) is 24.0 Å². The number of aliphatic imine (C=N–C) groups is 1. The Labute approximate surface area is 197 Å². The predicted molar refractivity (Wildman–Crippen MR) is 134 cm³/mol. The van der Waals surface area contributed by atoms with Crippen LogP contribution in [-0.2, 0) is 11.2 Å². The summed E-state index contributed by atoms with van der Waals surface area (Å²) in [5, 5.41) is 10.3. The summed E-state index contributed by atoms with van der Waals surface area (Å²) in [6, 6.07) is 0. The number of guanidine groups is 1. The minimum Gasteiger partial charge on any atom is -0.378 e. The monoisotopic (exact) mass is 535 g/mol. The quantitative estimate of drug-likeness (QED) is 0.269. The molecule has 8 heteroatoms. The molecule has 2 fully saturated rings. The summed E-state index contributed by atoms with van der Waals surface area (Å²) in [5.74, 6) is 1.61. The number of ether oxygens (including phenoxy) is 1. The number of anilines is 1. The summed E-state index contributed by atoms with van der Waals surface area (Å²) in [4.78, 5) is 11.6. The highest BCUT2D eigenvalue weighted by atomic mass is 127. The van der Waals surface area contributed by atoms with Crippen LogP contribution in [0, 0.1) is 5.92 Å². The molecule has 1 aliphatic heterocycles. The van der Waals surface area contributed by atoms with E-state index in [2.05, 4.69) is 32.8 Å². The average Bonchev–Trinajstić information content (AvgIpc) is 3.48. The molecule has 0 bridgehead atoms. The molecule has 0 radical (unpaired) electrons. The Morgan fingerprint density at radius 2 is 1.97 bits per heavy atom. The lowest BCUT2D eigenvalue weighted by Crippen LogP contribution is -2.40. The normalized spacial score (nSPS) is 18.7. The number of nitrogens with zero attached hydrogens (tertiary/aromatic N) is 3. The summed E-state index contributed by atoms with van der Waals surface area (Å²) in [5.41, 5.74) is 1.17. The van der Waals surface area contributed by atoms with Gasteiger partial charge in [0.1, 0.15) is 0 Å². The average molecular weight is 536 g/mol. The van der Waals surface area contributed by atoms with Crippen LogP contribution >= 0.6 is 35.3 Å². The highest BCUT2D eigenvalue weighted by molar-refractivity contribution is 14.0. The number of thiazole rings is 1. The largest absolute Gasteiger partial charge is 0.378 e. The Morgan fingerprint density at radius 3 is 2.66 bits per heavy atom. The molecule has 1 saturated carbocycles. The van der Waals surface area contributed by atoms with Gasteiger partial charge in [0.05, 0.1) is 11.8 Å². The van der Waals surface area contributed by atoms with E-state index in [0.29, 0.717) is 6.10 Å². The first kappa shape index (κ1) is 24.7. The molecule has 1 aliphatic carbocycles. The van der Waals surface area contributed by atoms with Gasteiger partial charge in [0, 0.05) is 51.6 Å². The molecule has 2 aliphatic rings. The van der Waals surface area contributed by atoms with Gasteiger partial charge >= 0.3 is 0 Å². The molecule has 0 aromatic carbocycles. The van der Waals surface area contributed by atoms with Gasteiger partial charge in [-0.15, -0.1) is 35.3 Å². The van der Waals surface area contributed by atoms with E-state index in [1.165, 1.54) is 49.4 Å². The summed E-state index contributed by atoms with van der Waals surface area (Å²) in [6.45, 7) is 6.97. The molecule has 2 N–H and O–H groups in total. The first-order chi connectivity index (χ1) is 13.8. The summed E-state index contributed by atoms with van der Waals surface area (Å²) >= 11 is 1.77. The number of hydrogen-bond donors (Lipinski definition) is 2. The van der Waals surface area contributed by atoms with E-state index < -0.39 is 0 Å². The fourth-order valence-electron chi connectivity index (χ4n) is 4.33. The van der Waals surface area contributed by atoms with Gasteiger partial charge in [-0.2, -0.15) is 0 Å². The molecule has 0 spiro atoms. The smallest absolute Gasteiger partial charge is 0.190 e. The molecule has 1 unspecified atom stereocenters. The van der Waals surface area contributed by atoms with E-state index in [9.17, 15) is 0 Å². The molecule has 6 nitrogen and oxygen atoms in total. The molecular formula is C21H38IN5OS. The Hall–Kier alpha value is -0.610. The van der Waals surface area contributed by atoms with Gasteiger partial charge in [0.15, 0.2) is 11.1 Å². The van der Waals surface area contributed by atoms with Crippen molar-refractivity contribution in [3.63, 3.8) is 0 Å². The number of aromatic nitrogens is 1. The lowest BCUT2D eigenvalue weighted by Gasteiger charge is -2.24. The number of rotatable bonds is 10. The summed E-state index contributed by atoms with van der Waals surface area (Å²) in [6.07, 6.45) is 10.3. The second-order valence-electron chi connectivity index (χ2n) is 7.82. The zero-order valence-corrected chi connectivity index (χ0v) is 21.1. The van der Waals surface area contributed by atoms with Gasteiger partial charge in [-0.05, 0) is 44.9 Å². The third kappa shape index (κ3) is 7.86. The number of nitrogens with one attached hydrogen (secondary N) is 2. The molecule has 1 aromatic heterocycles. The van der Waals surface area contributed by atoms with Crippen molar-refractivity contribution in [3.8, 4) is 0 Å². The van der Waals surface area contributed by atoms with Crippen molar-refractivity contribution in [3.05, 3.63) is 11.1 Å². The second-order valence-corrected chi connectivity index (χ2v) is 8.65. The Bertz CT molecular complexity index is 600. The van der Waals surface area contributed by atoms with Crippen LogP contribution in [0.15, 0.2) is 10.4 Å². The third-order valence-electron chi connectivity index (χ3n) is 5.84. The highest BCUT2D eigenvalue weighted by Crippen LogP contribution is 2.30. The molecule has 2 heterocycles. The maximum Gasteiger partial charge on any atom is 0.190 e. The minimum atomic E-state index is 0. The first-order valence-corrected chi connectivity index (χ1v) is 11.9. The molecule has 1 saturated heterocycles. The molecule has 1 aromatic rings. The van der Waals surface area contributed by atoms with Crippen LogP contribution in [-0.4, -0.2) is 56.9 Å². The summed E-state index contributed by atoms with van der Waals surface area (Å²) in [7, 11) is 1.83. The van der Waals surface area contributed by atoms with Crippen LogP contribution in [0.4, 0.5) is 5.13 Å². The standard InChI is InChI=1S/C21H37N5OS.HI/c1-3-27-19(17-8-4-5-9-17)11-13-24-20(22-2)23-12-10-18-16-28-21(25-18)26-14-6-7-15-26;/h16-17,19H,3-15H2,1-2H3,(H2,22,23,24);1H. The van der Waals surface area contributed by atoms with Crippen LogP contribution in [0.1, 0.15) is 57.6 Å². The van der Waals surface area contributed by atoms with E-state index >= 15 is 0 Å². The Balaban J connectivity index is 0.00000300. The number of halogens is 1. The maximum atomic E-state index is 6.01. The molecular weight excluding hydrogens is 497 g/mol. The van der Waals surface area contributed by atoms with Gasteiger partial charge in [-0.3, -0.25) is 4.99 Å².